The van der Waals surface area contributed by atoms with Gasteiger partial charge in [0.05, 0.1) is 6.10 Å². The SMILES string of the molecule is NC(=O)OCc1ccccc1.OC1CCCCC1. The number of nitrogens with two attached hydrogens (primary N) is 1. The Morgan fingerprint density at radius 3 is 2.28 bits per heavy atom. The number of hydrogen-bond acceptors (Lipinski definition) is 3. The van der Waals surface area contributed by atoms with E-state index >= 15 is 0 Å². The van der Waals surface area contributed by atoms with Crippen LogP contribution >= 0.6 is 0 Å². The van der Waals surface area contributed by atoms with Crippen LogP contribution in [0.3, 0.4) is 0 Å². The van der Waals surface area contributed by atoms with E-state index in [4.69, 9.17) is 10.8 Å². The number of primary amides is 1. The summed E-state index contributed by atoms with van der Waals surface area (Å²) in [7, 11) is 0. The quantitative estimate of drug-likeness (QED) is 0.848. The molecule has 0 radical (unpaired) electrons. The van der Waals surface area contributed by atoms with Gasteiger partial charge in [0, 0.05) is 0 Å². The minimum atomic E-state index is -0.742. The van der Waals surface area contributed by atoms with Crippen molar-refractivity contribution in [2.24, 2.45) is 5.73 Å². The smallest absolute Gasteiger partial charge is 0.404 e. The molecule has 4 nitrogen and oxygen atoms in total. The van der Waals surface area contributed by atoms with Crippen molar-refractivity contribution in [3.05, 3.63) is 35.9 Å². The molecule has 0 bridgehead atoms. The van der Waals surface area contributed by atoms with Crippen LogP contribution in [0.2, 0.25) is 0 Å². The number of benzene rings is 1. The van der Waals surface area contributed by atoms with Crippen molar-refractivity contribution in [1.82, 2.24) is 0 Å². The van der Waals surface area contributed by atoms with Gasteiger partial charge in [0.1, 0.15) is 6.61 Å². The van der Waals surface area contributed by atoms with Crippen LogP contribution in [0.4, 0.5) is 4.79 Å². The minimum Gasteiger partial charge on any atom is -0.445 e. The van der Waals surface area contributed by atoms with Gasteiger partial charge in [-0.2, -0.15) is 0 Å². The first-order valence-electron chi connectivity index (χ1n) is 6.32. The standard InChI is InChI=1S/C8H9NO2.C6H12O/c9-8(10)11-6-7-4-2-1-3-5-7;7-6-4-2-1-3-5-6/h1-5H,6H2,(H2,9,10);6-7H,1-5H2. The molecule has 1 saturated carbocycles. The fourth-order valence-electron chi connectivity index (χ4n) is 1.81. The lowest BCUT2D eigenvalue weighted by molar-refractivity contribution is 0.130. The molecule has 3 N–H and O–H groups in total. The number of carbonyl (C=O) groups is 1. The van der Waals surface area contributed by atoms with Gasteiger partial charge in [0.15, 0.2) is 0 Å². The maximum absolute atomic E-state index is 10.2. The van der Waals surface area contributed by atoms with Crippen LogP contribution in [0.25, 0.3) is 0 Å². The highest BCUT2D eigenvalue weighted by atomic mass is 16.5. The average molecular weight is 251 g/mol. The molecule has 1 fully saturated rings. The summed E-state index contributed by atoms with van der Waals surface area (Å²) in [6.07, 6.45) is 5.18. The molecule has 0 heterocycles. The first-order chi connectivity index (χ1) is 8.68. The lowest BCUT2D eigenvalue weighted by atomic mass is 9.98. The Bertz CT molecular complexity index is 334. The highest BCUT2D eigenvalue weighted by Crippen LogP contribution is 2.16. The van der Waals surface area contributed by atoms with Gasteiger partial charge in [-0.15, -0.1) is 0 Å². The largest absolute Gasteiger partial charge is 0.445 e. The van der Waals surface area contributed by atoms with Gasteiger partial charge in [-0.3, -0.25) is 0 Å². The van der Waals surface area contributed by atoms with Crippen molar-refractivity contribution in [2.75, 3.05) is 0 Å². The molecular formula is C14H21NO3. The number of ether oxygens (including phenoxy) is 1. The third-order valence-electron chi connectivity index (χ3n) is 2.80. The molecule has 0 aromatic heterocycles. The zero-order valence-corrected chi connectivity index (χ0v) is 10.5. The predicted molar refractivity (Wildman–Crippen MR) is 69.9 cm³/mol. The van der Waals surface area contributed by atoms with Crippen LogP contribution in [0, 0.1) is 0 Å². The van der Waals surface area contributed by atoms with Crippen molar-refractivity contribution in [1.29, 1.82) is 0 Å². The Kier molecular flexibility index (Phi) is 6.87. The molecule has 0 spiro atoms. The van der Waals surface area contributed by atoms with Gasteiger partial charge < -0.3 is 15.6 Å². The fraction of sp³-hybridized carbons (Fsp3) is 0.500. The first-order valence-corrected chi connectivity index (χ1v) is 6.32. The van der Waals surface area contributed by atoms with Crippen LogP contribution in [0.1, 0.15) is 37.7 Å². The molecular weight excluding hydrogens is 230 g/mol. The van der Waals surface area contributed by atoms with E-state index in [0.29, 0.717) is 0 Å². The first kappa shape index (κ1) is 14.5. The highest BCUT2D eigenvalue weighted by molar-refractivity contribution is 5.64. The molecule has 2 rings (SSSR count). The molecule has 0 unspecified atom stereocenters. The third kappa shape index (κ3) is 6.91. The van der Waals surface area contributed by atoms with E-state index in [0.717, 1.165) is 18.4 Å². The molecule has 1 amide bonds. The number of rotatable bonds is 2. The van der Waals surface area contributed by atoms with Gasteiger partial charge in [-0.05, 0) is 18.4 Å². The lowest BCUT2D eigenvalue weighted by Gasteiger charge is -2.14. The number of aliphatic hydroxyl groups excluding tert-OH is 1. The van der Waals surface area contributed by atoms with Crippen LogP contribution in [0.5, 0.6) is 0 Å². The third-order valence-corrected chi connectivity index (χ3v) is 2.80. The summed E-state index contributed by atoms with van der Waals surface area (Å²) in [5, 5.41) is 8.91. The lowest BCUT2D eigenvalue weighted by Crippen LogP contribution is -2.12. The van der Waals surface area contributed by atoms with Crippen molar-refractivity contribution >= 4 is 6.09 Å². The summed E-state index contributed by atoms with van der Waals surface area (Å²) < 4.78 is 4.57. The summed E-state index contributed by atoms with van der Waals surface area (Å²) in [5.74, 6) is 0. The van der Waals surface area contributed by atoms with Crippen molar-refractivity contribution in [3.8, 4) is 0 Å². The van der Waals surface area contributed by atoms with Crippen molar-refractivity contribution in [3.63, 3.8) is 0 Å². The van der Waals surface area contributed by atoms with Gasteiger partial charge in [-0.1, -0.05) is 49.6 Å². The molecule has 1 aliphatic carbocycles. The average Bonchev–Trinajstić information content (AvgIpc) is 2.39. The fourth-order valence-corrected chi connectivity index (χ4v) is 1.81. The Morgan fingerprint density at radius 1 is 1.22 bits per heavy atom. The Labute approximate surface area is 108 Å². The number of aliphatic hydroxyl groups is 1. The second kappa shape index (κ2) is 8.53. The molecule has 1 aromatic rings. The normalized spacial score (nSPS) is 15.4. The van der Waals surface area contributed by atoms with Crippen LogP contribution in [-0.4, -0.2) is 17.3 Å². The summed E-state index contributed by atoms with van der Waals surface area (Å²) in [5.41, 5.74) is 5.72. The van der Waals surface area contributed by atoms with Crippen molar-refractivity contribution < 1.29 is 14.6 Å². The minimum absolute atomic E-state index is 0.0359. The van der Waals surface area contributed by atoms with E-state index in [2.05, 4.69) is 4.74 Å². The second-order valence-corrected chi connectivity index (χ2v) is 4.39. The number of carbonyl (C=O) groups excluding carboxylic acids is 1. The molecule has 0 saturated heterocycles. The van der Waals surface area contributed by atoms with E-state index in [1.807, 2.05) is 30.3 Å². The monoisotopic (exact) mass is 251 g/mol. The van der Waals surface area contributed by atoms with E-state index < -0.39 is 6.09 Å². The maximum atomic E-state index is 10.2. The number of amides is 1. The van der Waals surface area contributed by atoms with E-state index in [9.17, 15) is 4.79 Å². The zero-order valence-electron chi connectivity index (χ0n) is 10.5. The number of hydrogen-bond donors (Lipinski definition) is 2. The van der Waals surface area contributed by atoms with Crippen LogP contribution < -0.4 is 5.73 Å². The molecule has 4 heteroatoms. The van der Waals surface area contributed by atoms with Crippen LogP contribution in [0.15, 0.2) is 30.3 Å². The molecule has 100 valence electrons. The summed E-state index contributed by atoms with van der Waals surface area (Å²) >= 11 is 0. The zero-order chi connectivity index (χ0) is 13.2. The Balaban J connectivity index is 0.000000199. The highest BCUT2D eigenvalue weighted by Gasteiger charge is 2.07. The van der Waals surface area contributed by atoms with Crippen molar-refractivity contribution in [2.45, 2.75) is 44.8 Å². The summed E-state index contributed by atoms with van der Waals surface area (Å²) in [4.78, 5) is 10.2. The van der Waals surface area contributed by atoms with E-state index in [-0.39, 0.29) is 12.7 Å². The second-order valence-electron chi connectivity index (χ2n) is 4.39. The summed E-state index contributed by atoms with van der Waals surface area (Å²) in [6.45, 7) is 0.246. The molecule has 1 aromatic carbocycles. The van der Waals surface area contributed by atoms with Gasteiger partial charge in [0.2, 0.25) is 0 Å². The van der Waals surface area contributed by atoms with Gasteiger partial charge in [0.25, 0.3) is 0 Å². The molecule has 0 aliphatic heterocycles. The Hall–Kier alpha value is -1.55. The summed E-state index contributed by atoms with van der Waals surface area (Å²) in [6, 6.07) is 9.37. The topological polar surface area (TPSA) is 72.6 Å². The molecule has 18 heavy (non-hydrogen) atoms. The van der Waals surface area contributed by atoms with Gasteiger partial charge >= 0.3 is 6.09 Å². The predicted octanol–water partition coefficient (Wildman–Crippen LogP) is 2.59. The maximum Gasteiger partial charge on any atom is 0.404 e. The van der Waals surface area contributed by atoms with Crippen LogP contribution in [-0.2, 0) is 11.3 Å². The molecule has 0 atom stereocenters. The molecule has 1 aliphatic rings. The van der Waals surface area contributed by atoms with Gasteiger partial charge in [-0.25, -0.2) is 4.79 Å². The van der Waals surface area contributed by atoms with E-state index in [1.165, 1.54) is 19.3 Å². The van der Waals surface area contributed by atoms with E-state index in [1.54, 1.807) is 0 Å². The Morgan fingerprint density at radius 2 is 1.83 bits per heavy atom.